The maximum absolute atomic E-state index is 12.7. The molecule has 0 spiro atoms. The molecule has 0 unspecified atom stereocenters. The SMILES string of the molecule is O=C(O)c1ccc(Cn2cc(/C=N\NC(=O)c3cccc4ccccc34)c3ccccc32)o1. The highest BCUT2D eigenvalue weighted by Crippen LogP contribution is 2.22. The molecule has 0 aliphatic rings. The lowest BCUT2D eigenvalue weighted by atomic mass is 10.0. The Morgan fingerprint density at radius 1 is 0.939 bits per heavy atom. The number of aromatic nitrogens is 1. The molecule has 5 aromatic rings. The molecule has 0 aliphatic carbocycles. The Kier molecular flexibility index (Phi) is 5.20. The molecule has 162 valence electrons. The molecule has 2 N–H and O–H groups in total. The maximum atomic E-state index is 12.7. The molecule has 7 heteroatoms. The van der Waals surface area contributed by atoms with E-state index in [0.29, 0.717) is 17.9 Å². The summed E-state index contributed by atoms with van der Waals surface area (Å²) in [6.07, 6.45) is 3.49. The first-order valence-electron chi connectivity index (χ1n) is 10.3. The highest BCUT2D eigenvalue weighted by molar-refractivity contribution is 6.07. The summed E-state index contributed by atoms with van der Waals surface area (Å²) in [5.74, 6) is -0.961. The van der Waals surface area contributed by atoms with Crippen LogP contribution in [-0.4, -0.2) is 27.8 Å². The van der Waals surface area contributed by atoms with Crippen LogP contribution < -0.4 is 5.43 Å². The number of carboxylic acid groups (broad SMARTS) is 1. The Hall–Kier alpha value is -4.65. The zero-order chi connectivity index (χ0) is 22.8. The topological polar surface area (TPSA) is 96.8 Å². The number of fused-ring (bicyclic) bond motifs is 2. The highest BCUT2D eigenvalue weighted by Gasteiger charge is 2.13. The van der Waals surface area contributed by atoms with Gasteiger partial charge in [-0.15, -0.1) is 0 Å². The summed E-state index contributed by atoms with van der Waals surface area (Å²) in [5, 5.41) is 16.1. The molecule has 2 heterocycles. The van der Waals surface area contributed by atoms with Gasteiger partial charge in [0.1, 0.15) is 5.76 Å². The van der Waals surface area contributed by atoms with Gasteiger partial charge in [0, 0.05) is 28.2 Å². The van der Waals surface area contributed by atoms with E-state index in [0.717, 1.165) is 27.2 Å². The molecular weight excluding hydrogens is 418 g/mol. The number of hydrogen-bond acceptors (Lipinski definition) is 4. The smallest absolute Gasteiger partial charge is 0.371 e. The highest BCUT2D eigenvalue weighted by atomic mass is 16.4. The van der Waals surface area contributed by atoms with E-state index in [-0.39, 0.29) is 11.7 Å². The van der Waals surface area contributed by atoms with Gasteiger partial charge < -0.3 is 14.1 Å². The number of carbonyl (C=O) groups is 2. The van der Waals surface area contributed by atoms with E-state index >= 15 is 0 Å². The number of rotatable bonds is 6. The van der Waals surface area contributed by atoms with E-state index in [1.165, 1.54) is 6.07 Å². The molecule has 5 rings (SSSR count). The predicted molar refractivity (Wildman–Crippen MR) is 126 cm³/mol. The van der Waals surface area contributed by atoms with Gasteiger partial charge in [0.15, 0.2) is 0 Å². The molecule has 3 aromatic carbocycles. The van der Waals surface area contributed by atoms with Gasteiger partial charge in [-0.1, -0.05) is 54.6 Å². The molecule has 0 bridgehead atoms. The third-order valence-electron chi connectivity index (χ3n) is 5.42. The lowest BCUT2D eigenvalue weighted by Crippen LogP contribution is -2.17. The van der Waals surface area contributed by atoms with E-state index in [1.54, 1.807) is 18.3 Å². The minimum atomic E-state index is -1.10. The number of para-hydroxylation sites is 1. The van der Waals surface area contributed by atoms with E-state index in [2.05, 4.69) is 10.5 Å². The van der Waals surface area contributed by atoms with Gasteiger partial charge in [-0.25, -0.2) is 10.2 Å². The predicted octanol–water partition coefficient (Wildman–Crippen LogP) is 4.90. The number of nitrogens with one attached hydrogen (secondary N) is 1. The Morgan fingerprint density at radius 3 is 2.52 bits per heavy atom. The summed E-state index contributed by atoms with van der Waals surface area (Å²) in [7, 11) is 0. The standard InChI is InChI=1S/C26H19N3O4/c30-25(22-10-5-7-17-6-1-2-8-20(17)22)28-27-14-18-15-29(23-11-4-3-9-21(18)23)16-19-12-13-24(33-19)26(31)32/h1-15H,16H2,(H,28,30)(H,31,32)/b27-14-. The van der Waals surface area contributed by atoms with Crippen LogP contribution in [0.1, 0.15) is 32.2 Å². The van der Waals surface area contributed by atoms with Crippen LogP contribution in [0.15, 0.2) is 94.6 Å². The quantitative estimate of drug-likeness (QED) is 0.292. The first kappa shape index (κ1) is 20.3. The van der Waals surface area contributed by atoms with Crippen LogP contribution >= 0.6 is 0 Å². The van der Waals surface area contributed by atoms with Crippen molar-refractivity contribution >= 4 is 39.8 Å². The average molecular weight is 437 g/mol. The van der Waals surface area contributed by atoms with Crippen LogP contribution in [-0.2, 0) is 6.54 Å². The van der Waals surface area contributed by atoms with Gasteiger partial charge in [-0.3, -0.25) is 4.79 Å². The Morgan fingerprint density at radius 2 is 1.70 bits per heavy atom. The Balaban J connectivity index is 1.39. The van der Waals surface area contributed by atoms with Crippen molar-refractivity contribution in [3.8, 4) is 0 Å². The van der Waals surface area contributed by atoms with Crippen LogP contribution in [0.2, 0.25) is 0 Å². The zero-order valence-corrected chi connectivity index (χ0v) is 17.4. The molecule has 0 atom stereocenters. The lowest BCUT2D eigenvalue weighted by Gasteiger charge is -2.04. The summed E-state index contributed by atoms with van der Waals surface area (Å²) < 4.78 is 7.34. The van der Waals surface area contributed by atoms with Crippen molar-refractivity contribution in [2.75, 3.05) is 0 Å². The monoisotopic (exact) mass is 437 g/mol. The molecule has 0 saturated heterocycles. The van der Waals surface area contributed by atoms with Crippen molar-refractivity contribution < 1.29 is 19.1 Å². The summed E-state index contributed by atoms with van der Waals surface area (Å²) in [6.45, 7) is 0.365. The molecule has 0 fully saturated rings. The summed E-state index contributed by atoms with van der Waals surface area (Å²) >= 11 is 0. The largest absolute Gasteiger partial charge is 0.475 e. The van der Waals surface area contributed by atoms with Crippen molar-refractivity contribution in [3.05, 3.63) is 108 Å². The first-order chi connectivity index (χ1) is 16.1. The van der Waals surface area contributed by atoms with Crippen LogP contribution in [0.3, 0.4) is 0 Å². The van der Waals surface area contributed by atoms with Gasteiger partial charge in [-0.05, 0) is 35.0 Å². The second-order valence-corrected chi connectivity index (χ2v) is 7.53. The second kappa shape index (κ2) is 8.47. The summed E-state index contributed by atoms with van der Waals surface area (Å²) in [6, 6.07) is 24.1. The number of aromatic carboxylic acids is 1. The third kappa shape index (κ3) is 3.99. The molecular formula is C26H19N3O4. The van der Waals surface area contributed by atoms with Crippen molar-refractivity contribution in [3.63, 3.8) is 0 Å². The van der Waals surface area contributed by atoms with E-state index < -0.39 is 5.97 Å². The average Bonchev–Trinajstić information content (AvgIpc) is 3.44. The van der Waals surface area contributed by atoms with E-state index in [1.807, 2.05) is 71.4 Å². The van der Waals surface area contributed by atoms with Crippen LogP contribution in [0.4, 0.5) is 0 Å². The number of benzene rings is 3. The number of hydrazone groups is 1. The molecule has 0 radical (unpaired) electrons. The number of amides is 1. The first-order valence-corrected chi connectivity index (χ1v) is 10.3. The summed E-state index contributed by atoms with van der Waals surface area (Å²) in [5.41, 5.74) is 4.92. The number of nitrogens with zero attached hydrogens (tertiary/aromatic N) is 2. The molecule has 33 heavy (non-hydrogen) atoms. The van der Waals surface area contributed by atoms with Crippen LogP contribution in [0.5, 0.6) is 0 Å². The van der Waals surface area contributed by atoms with Crippen molar-refractivity contribution in [2.45, 2.75) is 6.54 Å². The molecule has 2 aromatic heterocycles. The molecule has 7 nitrogen and oxygen atoms in total. The number of carbonyl (C=O) groups excluding carboxylic acids is 1. The number of carboxylic acids is 1. The lowest BCUT2D eigenvalue weighted by molar-refractivity contribution is 0.0660. The summed E-state index contributed by atoms with van der Waals surface area (Å²) in [4.78, 5) is 23.8. The molecule has 0 saturated carbocycles. The van der Waals surface area contributed by atoms with Gasteiger partial charge >= 0.3 is 5.97 Å². The molecule has 1 amide bonds. The van der Waals surface area contributed by atoms with Crippen molar-refractivity contribution in [1.82, 2.24) is 9.99 Å². The minimum absolute atomic E-state index is 0.0978. The fraction of sp³-hybridized carbons (Fsp3) is 0.0385. The van der Waals surface area contributed by atoms with Gasteiger partial charge in [0.05, 0.1) is 12.8 Å². The maximum Gasteiger partial charge on any atom is 0.371 e. The Bertz CT molecular complexity index is 1520. The van der Waals surface area contributed by atoms with Gasteiger partial charge in [-0.2, -0.15) is 5.10 Å². The fourth-order valence-corrected chi connectivity index (χ4v) is 3.90. The Labute approximate surface area is 188 Å². The normalized spacial score (nSPS) is 11.4. The molecule has 0 aliphatic heterocycles. The third-order valence-corrected chi connectivity index (χ3v) is 5.42. The van der Waals surface area contributed by atoms with Crippen LogP contribution in [0.25, 0.3) is 21.7 Å². The zero-order valence-electron chi connectivity index (χ0n) is 17.4. The van der Waals surface area contributed by atoms with E-state index in [9.17, 15) is 9.59 Å². The minimum Gasteiger partial charge on any atom is -0.475 e. The second-order valence-electron chi connectivity index (χ2n) is 7.53. The van der Waals surface area contributed by atoms with Crippen molar-refractivity contribution in [1.29, 1.82) is 0 Å². The van der Waals surface area contributed by atoms with Crippen LogP contribution in [0, 0.1) is 0 Å². The fourth-order valence-electron chi connectivity index (χ4n) is 3.90. The van der Waals surface area contributed by atoms with Gasteiger partial charge in [0.25, 0.3) is 5.91 Å². The number of hydrogen-bond donors (Lipinski definition) is 2. The number of furan rings is 1. The van der Waals surface area contributed by atoms with Crippen molar-refractivity contribution in [2.24, 2.45) is 5.10 Å². The van der Waals surface area contributed by atoms with E-state index in [4.69, 9.17) is 9.52 Å². The van der Waals surface area contributed by atoms with Gasteiger partial charge in [0.2, 0.25) is 5.76 Å².